The summed E-state index contributed by atoms with van der Waals surface area (Å²) in [5, 5.41) is 0.298. The van der Waals surface area contributed by atoms with Crippen LogP contribution in [0.5, 0.6) is 0 Å². The largest absolute Gasteiger partial charge is 0.463 e. The lowest BCUT2D eigenvalue weighted by Crippen LogP contribution is -2.22. The van der Waals surface area contributed by atoms with Crippen LogP contribution in [0.2, 0.25) is 0 Å². The number of carbonyl (C=O) groups is 1. The van der Waals surface area contributed by atoms with E-state index in [-0.39, 0.29) is 23.4 Å². The van der Waals surface area contributed by atoms with Crippen molar-refractivity contribution in [2.45, 2.75) is 6.54 Å². The fourth-order valence-corrected chi connectivity index (χ4v) is 2.16. The zero-order valence-corrected chi connectivity index (χ0v) is 11.6. The Morgan fingerprint density at radius 1 is 1.41 bits per heavy atom. The Morgan fingerprint density at radius 3 is 3.00 bits per heavy atom. The van der Waals surface area contributed by atoms with Gasteiger partial charge in [-0.3, -0.25) is 9.36 Å². The van der Waals surface area contributed by atoms with Crippen molar-refractivity contribution in [3.63, 3.8) is 0 Å². The second-order valence-corrected chi connectivity index (χ2v) is 4.61. The van der Waals surface area contributed by atoms with Gasteiger partial charge in [0.15, 0.2) is 0 Å². The molecule has 0 aliphatic heterocycles. The zero-order valence-electron chi connectivity index (χ0n) is 11.6. The number of furan rings is 1. The minimum absolute atomic E-state index is 0.0357. The molecular weight excluding hydrogens is 291 g/mol. The SMILES string of the molecule is COC(=O)c1occc1Cn1cnc2cc(F)ccc2c1=O. The van der Waals surface area contributed by atoms with Gasteiger partial charge in [0, 0.05) is 11.6 Å². The van der Waals surface area contributed by atoms with E-state index in [9.17, 15) is 14.0 Å². The van der Waals surface area contributed by atoms with E-state index >= 15 is 0 Å². The third kappa shape index (κ3) is 2.37. The van der Waals surface area contributed by atoms with Gasteiger partial charge >= 0.3 is 5.97 Å². The lowest BCUT2D eigenvalue weighted by atomic mass is 10.2. The summed E-state index contributed by atoms with van der Waals surface area (Å²) in [5.41, 5.74) is 0.445. The minimum atomic E-state index is -0.621. The molecule has 0 N–H and O–H groups in total. The molecule has 3 aromatic rings. The van der Waals surface area contributed by atoms with Crippen LogP contribution in [0.1, 0.15) is 16.1 Å². The van der Waals surface area contributed by atoms with Crippen molar-refractivity contribution < 1.29 is 18.3 Å². The van der Waals surface area contributed by atoms with Gasteiger partial charge in [0.2, 0.25) is 5.76 Å². The van der Waals surface area contributed by atoms with Gasteiger partial charge in [-0.05, 0) is 18.2 Å². The van der Waals surface area contributed by atoms with E-state index in [1.54, 1.807) is 6.07 Å². The van der Waals surface area contributed by atoms with Crippen molar-refractivity contribution in [2.75, 3.05) is 7.11 Å². The summed E-state index contributed by atoms with van der Waals surface area (Å²) in [5.74, 6) is -1.04. The highest BCUT2D eigenvalue weighted by atomic mass is 19.1. The van der Waals surface area contributed by atoms with Crippen LogP contribution in [0.3, 0.4) is 0 Å². The molecule has 0 saturated heterocycles. The number of aromatic nitrogens is 2. The second-order valence-electron chi connectivity index (χ2n) is 4.61. The van der Waals surface area contributed by atoms with Crippen molar-refractivity contribution in [1.82, 2.24) is 9.55 Å². The van der Waals surface area contributed by atoms with Gasteiger partial charge in [-0.1, -0.05) is 0 Å². The standard InChI is InChI=1S/C15H11FN2O4/c1-21-15(20)13-9(4-5-22-13)7-18-8-17-12-6-10(16)2-3-11(12)14(18)19/h2-6,8H,7H2,1H3. The topological polar surface area (TPSA) is 74.3 Å². The third-order valence-electron chi connectivity index (χ3n) is 3.25. The smallest absolute Gasteiger partial charge is 0.374 e. The highest BCUT2D eigenvalue weighted by molar-refractivity contribution is 5.87. The predicted octanol–water partition coefficient (Wildman–Crippen LogP) is 1.96. The van der Waals surface area contributed by atoms with Crippen LogP contribution in [0.25, 0.3) is 10.9 Å². The molecule has 7 heteroatoms. The van der Waals surface area contributed by atoms with Gasteiger partial charge in [0.1, 0.15) is 5.82 Å². The Bertz CT molecular complexity index is 913. The Morgan fingerprint density at radius 2 is 2.23 bits per heavy atom. The Balaban J connectivity index is 2.04. The van der Waals surface area contributed by atoms with Gasteiger partial charge in [0.25, 0.3) is 5.56 Å². The molecular formula is C15H11FN2O4. The Labute approximate surface area is 123 Å². The van der Waals surface area contributed by atoms with Crippen LogP contribution < -0.4 is 5.56 Å². The quantitative estimate of drug-likeness (QED) is 0.691. The number of rotatable bonds is 3. The van der Waals surface area contributed by atoms with Crippen LogP contribution >= 0.6 is 0 Å². The van der Waals surface area contributed by atoms with Crippen LogP contribution in [0, 0.1) is 5.82 Å². The molecule has 0 aliphatic rings. The monoisotopic (exact) mass is 302 g/mol. The van der Waals surface area contributed by atoms with Crippen LogP contribution in [0.4, 0.5) is 4.39 Å². The lowest BCUT2D eigenvalue weighted by molar-refractivity contribution is 0.0563. The highest BCUT2D eigenvalue weighted by Gasteiger charge is 2.17. The van der Waals surface area contributed by atoms with E-state index in [4.69, 9.17) is 4.42 Å². The summed E-state index contributed by atoms with van der Waals surface area (Å²) >= 11 is 0. The molecule has 2 aromatic heterocycles. The summed E-state index contributed by atoms with van der Waals surface area (Å²) in [6, 6.07) is 5.35. The van der Waals surface area contributed by atoms with Gasteiger partial charge in [0.05, 0.1) is 37.1 Å². The van der Waals surface area contributed by atoms with Crippen LogP contribution in [0.15, 0.2) is 46.1 Å². The maximum absolute atomic E-state index is 13.1. The molecule has 6 nitrogen and oxygen atoms in total. The van der Waals surface area contributed by atoms with Crippen molar-refractivity contribution in [3.8, 4) is 0 Å². The zero-order chi connectivity index (χ0) is 15.7. The number of hydrogen-bond acceptors (Lipinski definition) is 5. The van der Waals surface area contributed by atoms with Crippen molar-refractivity contribution >= 4 is 16.9 Å². The summed E-state index contributed by atoms with van der Waals surface area (Å²) in [6.07, 6.45) is 2.65. The van der Waals surface area contributed by atoms with Crippen molar-refractivity contribution in [1.29, 1.82) is 0 Å². The number of esters is 1. The summed E-state index contributed by atoms with van der Waals surface area (Å²) in [6.45, 7) is 0.0973. The first-order valence-corrected chi connectivity index (χ1v) is 6.39. The van der Waals surface area contributed by atoms with Gasteiger partial charge in [-0.2, -0.15) is 0 Å². The molecule has 0 aliphatic carbocycles. The summed E-state index contributed by atoms with van der Waals surface area (Å²) in [4.78, 5) is 28.0. The van der Waals surface area contributed by atoms with E-state index < -0.39 is 11.8 Å². The van der Waals surface area contributed by atoms with Gasteiger partial charge in [-0.15, -0.1) is 0 Å². The minimum Gasteiger partial charge on any atom is -0.463 e. The predicted molar refractivity (Wildman–Crippen MR) is 75.1 cm³/mol. The molecule has 0 saturated carbocycles. The molecule has 0 spiro atoms. The number of hydrogen-bond donors (Lipinski definition) is 0. The molecule has 0 atom stereocenters. The molecule has 0 fully saturated rings. The van der Waals surface area contributed by atoms with Crippen molar-refractivity contribution in [3.05, 3.63) is 64.4 Å². The number of benzene rings is 1. The van der Waals surface area contributed by atoms with E-state index in [1.807, 2.05) is 0 Å². The van der Waals surface area contributed by atoms with E-state index in [2.05, 4.69) is 9.72 Å². The van der Waals surface area contributed by atoms with E-state index in [0.717, 1.165) is 0 Å². The molecule has 0 amide bonds. The normalized spacial score (nSPS) is 10.8. The molecule has 112 valence electrons. The number of carbonyl (C=O) groups excluding carboxylic acids is 1. The number of nitrogens with zero attached hydrogens (tertiary/aromatic N) is 2. The number of ether oxygens (including phenoxy) is 1. The Hall–Kier alpha value is -2.96. The van der Waals surface area contributed by atoms with E-state index in [0.29, 0.717) is 10.9 Å². The average molecular weight is 302 g/mol. The average Bonchev–Trinajstić information content (AvgIpc) is 2.97. The molecule has 22 heavy (non-hydrogen) atoms. The second kappa shape index (κ2) is 5.44. The first-order valence-electron chi connectivity index (χ1n) is 6.39. The number of methoxy groups -OCH3 is 1. The van der Waals surface area contributed by atoms with Crippen LogP contribution in [-0.2, 0) is 11.3 Å². The first-order chi connectivity index (χ1) is 10.6. The summed E-state index contributed by atoms with van der Waals surface area (Å²) < 4.78 is 24.1. The lowest BCUT2D eigenvalue weighted by Gasteiger charge is -2.06. The van der Waals surface area contributed by atoms with Crippen molar-refractivity contribution in [2.24, 2.45) is 0 Å². The molecule has 2 heterocycles. The fraction of sp³-hybridized carbons (Fsp3) is 0.133. The van der Waals surface area contributed by atoms with Crippen LogP contribution in [-0.4, -0.2) is 22.6 Å². The maximum atomic E-state index is 13.1. The third-order valence-corrected chi connectivity index (χ3v) is 3.25. The molecule has 0 radical (unpaired) electrons. The van der Waals surface area contributed by atoms with Gasteiger partial charge in [-0.25, -0.2) is 14.2 Å². The summed E-state index contributed by atoms with van der Waals surface area (Å²) in [7, 11) is 1.24. The molecule has 3 rings (SSSR count). The molecule has 0 unspecified atom stereocenters. The Kier molecular flexibility index (Phi) is 3.46. The maximum Gasteiger partial charge on any atom is 0.374 e. The number of halogens is 1. The van der Waals surface area contributed by atoms with E-state index in [1.165, 1.54) is 42.5 Å². The molecule has 1 aromatic carbocycles. The molecule has 0 bridgehead atoms. The van der Waals surface area contributed by atoms with Gasteiger partial charge < -0.3 is 9.15 Å². The highest BCUT2D eigenvalue weighted by Crippen LogP contribution is 2.14. The fourth-order valence-electron chi connectivity index (χ4n) is 2.16. The number of fused-ring (bicyclic) bond motifs is 1. The first kappa shape index (κ1) is 14.0.